The van der Waals surface area contributed by atoms with Crippen molar-refractivity contribution in [3.05, 3.63) is 35.3 Å². The molecule has 122 valence electrons. The number of nitrogens with one attached hydrogen (secondary N) is 1. The van der Waals surface area contributed by atoms with Crippen molar-refractivity contribution in [2.24, 2.45) is 0 Å². The van der Waals surface area contributed by atoms with Crippen LogP contribution in [0.15, 0.2) is 18.2 Å². The van der Waals surface area contributed by atoms with E-state index in [0.29, 0.717) is 18.4 Å². The minimum absolute atomic E-state index is 0.0824. The van der Waals surface area contributed by atoms with Gasteiger partial charge in [-0.3, -0.25) is 4.79 Å². The molecule has 0 saturated carbocycles. The predicted octanol–water partition coefficient (Wildman–Crippen LogP) is 2.62. The Morgan fingerprint density at radius 2 is 2.17 bits per heavy atom. The molecule has 1 aliphatic heterocycles. The number of carbonyl (C=O) groups is 2. The molecule has 2 heterocycles. The molecule has 6 heteroatoms. The van der Waals surface area contributed by atoms with Crippen molar-refractivity contribution in [1.29, 1.82) is 0 Å². The molecule has 1 atom stereocenters. The molecule has 0 bridgehead atoms. The first kappa shape index (κ1) is 15.5. The summed E-state index contributed by atoms with van der Waals surface area (Å²) in [6.45, 7) is 2.30. The van der Waals surface area contributed by atoms with E-state index in [0.717, 1.165) is 29.6 Å². The standard InChI is InChI=1S/C17H19FN2O3/c1-10-12(13-8-11(18)5-6-14(13)19-10)9-16(21)20-7-3-2-4-15(20)17(22)23/h5-6,8,15,19H,2-4,7,9H2,1H3,(H,22,23)/t15-/m0/s1. The first-order chi connectivity index (χ1) is 11.0. The smallest absolute Gasteiger partial charge is 0.326 e. The highest BCUT2D eigenvalue weighted by atomic mass is 19.1. The van der Waals surface area contributed by atoms with E-state index in [-0.39, 0.29) is 18.1 Å². The van der Waals surface area contributed by atoms with Gasteiger partial charge in [0.25, 0.3) is 0 Å². The number of aliphatic carboxylic acids is 1. The van der Waals surface area contributed by atoms with Crippen molar-refractivity contribution < 1.29 is 19.1 Å². The van der Waals surface area contributed by atoms with Crippen molar-refractivity contribution in [2.75, 3.05) is 6.54 Å². The highest BCUT2D eigenvalue weighted by Crippen LogP contribution is 2.25. The van der Waals surface area contributed by atoms with Gasteiger partial charge in [0.05, 0.1) is 6.42 Å². The van der Waals surface area contributed by atoms with E-state index in [1.54, 1.807) is 6.07 Å². The van der Waals surface area contributed by atoms with Gasteiger partial charge in [0.2, 0.25) is 5.91 Å². The highest BCUT2D eigenvalue weighted by molar-refractivity contribution is 5.91. The topological polar surface area (TPSA) is 73.4 Å². The summed E-state index contributed by atoms with van der Waals surface area (Å²) in [4.78, 5) is 28.6. The molecule has 23 heavy (non-hydrogen) atoms. The number of fused-ring (bicyclic) bond motifs is 1. The number of carboxylic acid groups (broad SMARTS) is 1. The first-order valence-corrected chi connectivity index (χ1v) is 7.76. The second-order valence-electron chi connectivity index (χ2n) is 6.03. The second kappa shape index (κ2) is 6.02. The summed E-state index contributed by atoms with van der Waals surface area (Å²) in [7, 11) is 0. The van der Waals surface area contributed by atoms with Gasteiger partial charge in [-0.05, 0) is 49.9 Å². The fourth-order valence-corrected chi connectivity index (χ4v) is 3.32. The van der Waals surface area contributed by atoms with Crippen LogP contribution in [0.5, 0.6) is 0 Å². The van der Waals surface area contributed by atoms with Crippen LogP contribution >= 0.6 is 0 Å². The zero-order valence-electron chi connectivity index (χ0n) is 12.9. The molecule has 2 aromatic rings. The fraction of sp³-hybridized carbons (Fsp3) is 0.412. The number of amides is 1. The number of carbonyl (C=O) groups excluding carboxylic acids is 1. The Morgan fingerprint density at radius 3 is 2.91 bits per heavy atom. The zero-order valence-corrected chi connectivity index (χ0v) is 12.9. The van der Waals surface area contributed by atoms with Crippen LogP contribution < -0.4 is 0 Å². The first-order valence-electron chi connectivity index (χ1n) is 7.76. The summed E-state index contributed by atoms with van der Waals surface area (Å²) in [5.41, 5.74) is 2.32. The van der Waals surface area contributed by atoms with Gasteiger partial charge in [-0.25, -0.2) is 9.18 Å². The predicted molar refractivity (Wildman–Crippen MR) is 83.7 cm³/mol. The number of aromatic nitrogens is 1. The lowest BCUT2D eigenvalue weighted by Crippen LogP contribution is -2.48. The van der Waals surface area contributed by atoms with E-state index in [4.69, 9.17) is 0 Å². The van der Waals surface area contributed by atoms with Crippen LogP contribution in [-0.2, 0) is 16.0 Å². The number of benzene rings is 1. The second-order valence-corrected chi connectivity index (χ2v) is 6.03. The van der Waals surface area contributed by atoms with Crippen LogP contribution in [0.2, 0.25) is 0 Å². The summed E-state index contributed by atoms with van der Waals surface area (Å²) < 4.78 is 13.5. The Balaban J connectivity index is 1.89. The van der Waals surface area contributed by atoms with Gasteiger partial charge in [-0.2, -0.15) is 0 Å². The Hall–Kier alpha value is -2.37. The molecule has 1 aliphatic rings. The number of nitrogens with zero attached hydrogens (tertiary/aromatic N) is 1. The minimum atomic E-state index is -0.959. The molecule has 2 N–H and O–H groups in total. The maximum Gasteiger partial charge on any atom is 0.326 e. The molecule has 0 aliphatic carbocycles. The summed E-state index contributed by atoms with van der Waals surface area (Å²) >= 11 is 0. The molecule has 3 rings (SSSR count). The lowest BCUT2D eigenvalue weighted by atomic mass is 10.00. The zero-order chi connectivity index (χ0) is 16.6. The van der Waals surface area contributed by atoms with Gasteiger partial charge in [0.1, 0.15) is 11.9 Å². The SMILES string of the molecule is Cc1[nH]c2ccc(F)cc2c1CC(=O)N1CCCC[C@H]1C(=O)O. The van der Waals surface area contributed by atoms with E-state index in [2.05, 4.69) is 4.98 Å². The monoisotopic (exact) mass is 318 g/mol. The number of halogens is 1. The lowest BCUT2D eigenvalue weighted by molar-refractivity contribution is -0.151. The van der Waals surface area contributed by atoms with Crippen molar-refractivity contribution in [1.82, 2.24) is 9.88 Å². The van der Waals surface area contributed by atoms with Crippen molar-refractivity contribution in [2.45, 2.75) is 38.6 Å². The van der Waals surface area contributed by atoms with E-state index in [1.165, 1.54) is 17.0 Å². The molecule has 1 aromatic carbocycles. The van der Waals surface area contributed by atoms with Crippen molar-refractivity contribution in [3.8, 4) is 0 Å². The summed E-state index contributed by atoms with van der Waals surface area (Å²) in [5.74, 6) is -1.53. The Kier molecular flexibility index (Phi) is 4.07. The van der Waals surface area contributed by atoms with Gasteiger partial charge in [0.15, 0.2) is 0 Å². The highest BCUT2D eigenvalue weighted by Gasteiger charge is 2.32. The maximum atomic E-state index is 13.5. The van der Waals surface area contributed by atoms with Crippen LogP contribution in [-0.4, -0.2) is 39.5 Å². The number of aromatic amines is 1. The maximum absolute atomic E-state index is 13.5. The molecule has 0 radical (unpaired) electrons. The van der Waals surface area contributed by atoms with E-state index < -0.39 is 12.0 Å². The normalized spacial score (nSPS) is 18.3. The molecule has 1 saturated heterocycles. The lowest BCUT2D eigenvalue weighted by Gasteiger charge is -2.33. The van der Waals surface area contributed by atoms with Crippen molar-refractivity contribution >= 4 is 22.8 Å². The van der Waals surface area contributed by atoms with Crippen LogP contribution in [0, 0.1) is 12.7 Å². The van der Waals surface area contributed by atoms with Crippen LogP contribution in [0.1, 0.15) is 30.5 Å². The Bertz CT molecular complexity index is 769. The molecule has 1 aromatic heterocycles. The van der Waals surface area contributed by atoms with Gasteiger partial charge < -0.3 is 15.0 Å². The third-order valence-corrected chi connectivity index (χ3v) is 4.52. The van der Waals surface area contributed by atoms with Crippen LogP contribution in [0.25, 0.3) is 10.9 Å². The molecular weight excluding hydrogens is 299 g/mol. The molecule has 5 nitrogen and oxygen atoms in total. The average molecular weight is 318 g/mol. The van der Waals surface area contributed by atoms with Crippen molar-refractivity contribution in [3.63, 3.8) is 0 Å². The van der Waals surface area contributed by atoms with Gasteiger partial charge >= 0.3 is 5.97 Å². The average Bonchev–Trinajstić information content (AvgIpc) is 2.83. The van der Waals surface area contributed by atoms with Crippen LogP contribution in [0.3, 0.4) is 0 Å². The summed E-state index contributed by atoms with van der Waals surface area (Å²) in [6, 6.07) is 3.67. The summed E-state index contributed by atoms with van der Waals surface area (Å²) in [5, 5.41) is 9.98. The quantitative estimate of drug-likeness (QED) is 0.913. The van der Waals surface area contributed by atoms with E-state index in [9.17, 15) is 19.1 Å². The Labute approximate surface area is 133 Å². The fourth-order valence-electron chi connectivity index (χ4n) is 3.32. The number of H-pyrrole nitrogens is 1. The van der Waals surface area contributed by atoms with Gasteiger partial charge in [0, 0.05) is 23.1 Å². The summed E-state index contributed by atoms with van der Waals surface area (Å²) in [6.07, 6.45) is 2.21. The minimum Gasteiger partial charge on any atom is -0.480 e. The van der Waals surface area contributed by atoms with Crippen LogP contribution in [0.4, 0.5) is 4.39 Å². The number of carboxylic acids is 1. The number of piperidine rings is 1. The Morgan fingerprint density at radius 1 is 1.39 bits per heavy atom. The third kappa shape index (κ3) is 2.93. The molecule has 0 unspecified atom stereocenters. The number of rotatable bonds is 3. The van der Waals surface area contributed by atoms with E-state index >= 15 is 0 Å². The molecule has 1 amide bonds. The van der Waals surface area contributed by atoms with Gasteiger partial charge in [-0.1, -0.05) is 0 Å². The number of hydrogen-bond acceptors (Lipinski definition) is 2. The van der Waals surface area contributed by atoms with Gasteiger partial charge in [-0.15, -0.1) is 0 Å². The molecular formula is C17H19FN2O3. The molecule has 1 fully saturated rings. The largest absolute Gasteiger partial charge is 0.480 e. The third-order valence-electron chi connectivity index (χ3n) is 4.52. The van der Waals surface area contributed by atoms with E-state index in [1.807, 2.05) is 6.92 Å². The number of aryl methyl sites for hydroxylation is 1. The molecule has 0 spiro atoms. The number of likely N-dealkylation sites (tertiary alicyclic amines) is 1. The number of hydrogen-bond donors (Lipinski definition) is 2.